The molecule has 1 unspecified atom stereocenters. The van der Waals surface area contributed by atoms with Crippen molar-refractivity contribution in [2.24, 2.45) is 5.92 Å². The van der Waals surface area contributed by atoms with E-state index in [0.29, 0.717) is 6.54 Å². The molecule has 0 aliphatic heterocycles. The molecule has 0 radical (unpaired) electrons. The van der Waals surface area contributed by atoms with Crippen molar-refractivity contribution in [3.8, 4) is 0 Å². The first-order valence-electron chi connectivity index (χ1n) is 6.51. The predicted molar refractivity (Wildman–Crippen MR) is 79.0 cm³/mol. The van der Waals surface area contributed by atoms with Gasteiger partial charge in [0.1, 0.15) is 0 Å². The van der Waals surface area contributed by atoms with Gasteiger partial charge in [0.2, 0.25) is 5.91 Å². The van der Waals surface area contributed by atoms with Crippen LogP contribution >= 0.6 is 0 Å². The normalized spacial score (nSPS) is 12.2. The van der Waals surface area contributed by atoms with Gasteiger partial charge in [-0.1, -0.05) is 36.8 Å². The third kappa shape index (κ3) is 4.88. The molecule has 4 nitrogen and oxygen atoms in total. The summed E-state index contributed by atoms with van der Waals surface area (Å²) >= 11 is 0. The van der Waals surface area contributed by atoms with E-state index in [2.05, 4.69) is 4.74 Å². The molecule has 1 amide bonds. The van der Waals surface area contributed by atoms with Crippen LogP contribution in [0.25, 0.3) is 6.08 Å². The number of amides is 1. The van der Waals surface area contributed by atoms with Crippen molar-refractivity contribution < 1.29 is 14.3 Å². The first kappa shape index (κ1) is 16.0. The highest BCUT2D eigenvalue weighted by molar-refractivity contribution is 5.91. The van der Waals surface area contributed by atoms with E-state index in [1.54, 1.807) is 20.0 Å². The van der Waals surface area contributed by atoms with Gasteiger partial charge in [0.15, 0.2) is 0 Å². The Kier molecular flexibility index (Phi) is 5.97. The van der Waals surface area contributed by atoms with E-state index < -0.39 is 0 Å². The number of esters is 1. The summed E-state index contributed by atoms with van der Waals surface area (Å²) in [5, 5.41) is 0. The van der Waals surface area contributed by atoms with E-state index >= 15 is 0 Å². The number of hydrogen-bond donors (Lipinski definition) is 0. The van der Waals surface area contributed by atoms with Crippen molar-refractivity contribution in [3.05, 3.63) is 41.5 Å². The van der Waals surface area contributed by atoms with Crippen molar-refractivity contribution >= 4 is 18.0 Å². The number of ether oxygens (including phenoxy) is 1. The molecule has 0 spiro atoms. The lowest BCUT2D eigenvalue weighted by Gasteiger charge is -2.18. The minimum atomic E-state index is -0.332. The molecule has 1 aromatic carbocycles. The highest BCUT2D eigenvalue weighted by atomic mass is 16.5. The molecule has 0 saturated heterocycles. The fraction of sp³-hybridized carbons (Fsp3) is 0.375. The second-order valence-electron chi connectivity index (χ2n) is 4.89. The minimum Gasteiger partial charge on any atom is -0.469 e. The van der Waals surface area contributed by atoms with Crippen LogP contribution in [0, 0.1) is 12.8 Å². The van der Waals surface area contributed by atoms with Crippen molar-refractivity contribution in [3.63, 3.8) is 0 Å². The summed E-state index contributed by atoms with van der Waals surface area (Å²) in [7, 11) is 3.01. The van der Waals surface area contributed by atoms with Crippen LogP contribution in [-0.2, 0) is 14.3 Å². The van der Waals surface area contributed by atoms with Crippen molar-refractivity contribution in [2.75, 3.05) is 20.7 Å². The summed E-state index contributed by atoms with van der Waals surface area (Å²) in [4.78, 5) is 24.7. The summed E-state index contributed by atoms with van der Waals surface area (Å²) in [6.07, 6.45) is 3.27. The molecule has 0 fully saturated rings. The number of nitrogens with zero attached hydrogens (tertiary/aromatic N) is 1. The third-order valence-electron chi connectivity index (χ3n) is 3.02. The van der Waals surface area contributed by atoms with Gasteiger partial charge in [-0.25, -0.2) is 0 Å². The molecule has 1 rings (SSSR count). The standard InChI is InChI=1S/C16H21NO3/c1-12-5-7-14(8-6-12)9-10-15(18)17(3)11-13(2)16(19)20-4/h5-10,13H,11H2,1-4H3/b10-9+. The Morgan fingerprint density at radius 2 is 1.90 bits per heavy atom. The number of hydrogen-bond acceptors (Lipinski definition) is 3. The van der Waals surface area contributed by atoms with Crippen molar-refractivity contribution in [1.82, 2.24) is 4.90 Å². The highest BCUT2D eigenvalue weighted by Crippen LogP contribution is 2.06. The molecule has 0 saturated carbocycles. The first-order chi connectivity index (χ1) is 9.43. The number of carbonyl (C=O) groups is 2. The van der Waals surface area contributed by atoms with E-state index in [9.17, 15) is 9.59 Å². The lowest BCUT2D eigenvalue weighted by atomic mass is 10.1. The summed E-state index contributed by atoms with van der Waals surface area (Å²) in [6.45, 7) is 4.09. The number of methoxy groups -OCH3 is 1. The van der Waals surface area contributed by atoms with Crippen LogP contribution in [0.1, 0.15) is 18.1 Å². The van der Waals surface area contributed by atoms with Crippen LogP contribution in [0.2, 0.25) is 0 Å². The Labute approximate surface area is 120 Å². The molecule has 0 aliphatic rings. The summed E-state index contributed by atoms with van der Waals surface area (Å²) in [5.41, 5.74) is 2.15. The van der Waals surface area contributed by atoms with Crippen LogP contribution in [0.5, 0.6) is 0 Å². The summed E-state index contributed by atoms with van der Waals surface area (Å²) in [6, 6.07) is 7.90. The number of aryl methyl sites for hydroxylation is 1. The molecular weight excluding hydrogens is 254 g/mol. The molecule has 0 aliphatic carbocycles. The quantitative estimate of drug-likeness (QED) is 0.612. The molecule has 0 heterocycles. The summed E-state index contributed by atoms with van der Waals surface area (Å²) in [5.74, 6) is -0.782. The zero-order valence-electron chi connectivity index (χ0n) is 12.4. The number of carbonyl (C=O) groups excluding carboxylic acids is 2. The largest absolute Gasteiger partial charge is 0.469 e. The fourth-order valence-corrected chi connectivity index (χ4v) is 1.75. The molecular formula is C16H21NO3. The third-order valence-corrected chi connectivity index (χ3v) is 3.02. The Morgan fingerprint density at radius 3 is 2.45 bits per heavy atom. The Hall–Kier alpha value is -2.10. The molecule has 0 N–H and O–H groups in total. The SMILES string of the molecule is COC(=O)C(C)CN(C)C(=O)/C=C/c1ccc(C)cc1. The van der Waals surface area contributed by atoms with Gasteiger partial charge in [0.05, 0.1) is 13.0 Å². The molecule has 108 valence electrons. The van der Waals surface area contributed by atoms with Crippen molar-refractivity contribution in [1.29, 1.82) is 0 Å². The topological polar surface area (TPSA) is 46.6 Å². The molecule has 4 heteroatoms. The predicted octanol–water partition coefficient (Wildman–Crippen LogP) is 2.28. The van der Waals surface area contributed by atoms with Gasteiger partial charge in [-0.2, -0.15) is 0 Å². The number of likely N-dealkylation sites (N-methyl/N-ethyl adjacent to an activating group) is 1. The zero-order valence-corrected chi connectivity index (χ0v) is 12.4. The second-order valence-corrected chi connectivity index (χ2v) is 4.89. The second kappa shape index (κ2) is 7.48. The number of rotatable bonds is 5. The van der Waals surface area contributed by atoms with Gasteiger partial charge in [0.25, 0.3) is 0 Å². The lowest BCUT2D eigenvalue weighted by Crippen LogP contribution is -2.33. The van der Waals surface area contributed by atoms with Gasteiger partial charge in [-0.15, -0.1) is 0 Å². The van der Waals surface area contributed by atoms with E-state index in [0.717, 1.165) is 5.56 Å². The van der Waals surface area contributed by atoms with Gasteiger partial charge >= 0.3 is 5.97 Å². The monoisotopic (exact) mass is 275 g/mol. The van der Waals surface area contributed by atoms with E-state index in [1.165, 1.54) is 23.6 Å². The molecule has 1 aromatic rings. The van der Waals surface area contributed by atoms with E-state index in [1.807, 2.05) is 31.2 Å². The zero-order chi connectivity index (χ0) is 15.1. The van der Waals surface area contributed by atoms with E-state index in [-0.39, 0.29) is 17.8 Å². The first-order valence-corrected chi connectivity index (χ1v) is 6.51. The van der Waals surface area contributed by atoms with Crippen LogP contribution in [-0.4, -0.2) is 37.5 Å². The lowest BCUT2D eigenvalue weighted by molar-refractivity contribution is -0.145. The van der Waals surface area contributed by atoms with Crippen LogP contribution in [0.4, 0.5) is 0 Å². The Morgan fingerprint density at radius 1 is 1.30 bits per heavy atom. The van der Waals surface area contributed by atoms with Crippen LogP contribution in [0.15, 0.2) is 30.3 Å². The maximum Gasteiger partial charge on any atom is 0.310 e. The fourth-order valence-electron chi connectivity index (χ4n) is 1.75. The van der Waals surface area contributed by atoms with Gasteiger partial charge in [0, 0.05) is 19.7 Å². The average molecular weight is 275 g/mol. The highest BCUT2D eigenvalue weighted by Gasteiger charge is 2.17. The maximum atomic E-state index is 11.9. The van der Waals surface area contributed by atoms with Crippen LogP contribution in [0.3, 0.4) is 0 Å². The Balaban J connectivity index is 2.57. The minimum absolute atomic E-state index is 0.138. The molecule has 1 atom stereocenters. The Bertz CT molecular complexity index is 491. The molecule has 20 heavy (non-hydrogen) atoms. The van der Waals surface area contributed by atoms with Gasteiger partial charge < -0.3 is 9.64 Å². The van der Waals surface area contributed by atoms with E-state index in [4.69, 9.17) is 0 Å². The maximum absolute atomic E-state index is 11.9. The van der Waals surface area contributed by atoms with Gasteiger partial charge in [-0.3, -0.25) is 9.59 Å². The number of benzene rings is 1. The molecule has 0 bridgehead atoms. The smallest absolute Gasteiger partial charge is 0.310 e. The van der Waals surface area contributed by atoms with Crippen molar-refractivity contribution in [2.45, 2.75) is 13.8 Å². The molecule has 0 aromatic heterocycles. The van der Waals surface area contributed by atoms with Crippen LogP contribution < -0.4 is 0 Å². The van der Waals surface area contributed by atoms with Gasteiger partial charge in [-0.05, 0) is 18.6 Å². The summed E-state index contributed by atoms with van der Waals surface area (Å²) < 4.78 is 4.64. The average Bonchev–Trinajstić information content (AvgIpc) is 2.45.